The molecule has 2 amide bonds. The van der Waals surface area contributed by atoms with E-state index in [1.54, 1.807) is 0 Å². The molecule has 5 heteroatoms. The summed E-state index contributed by atoms with van der Waals surface area (Å²) >= 11 is 0. The monoisotopic (exact) mass is 431 g/mol. The van der Waals surface area contributed by atoms with Crippen LogP contribution < -0.4 is 4.90 Å². The van der Waals surface area contributed by atoms with Gasteiger partial charge in [-0.2, -0.15) is 0 Å². The third kappa shape index (κ3) is 3.86. The average Bonchev–Trinajstić information content (AvgIpc) is 3.00. The molecular weight excluding hydrogens is 398 g/mol. The SMILES string of the molecule is Cc1ccc(N2C(=O)C(c3ccc(C)c(C)c3)=C(N(C)C3CCN(C)CC3)C2=O)c(C)c1. The van der Waals surface area contributed by atoms with Gasteiger partial charge in [-0.3, -0.25) is 9.59 Å². The Morgan fingerprint density at radius 1 is 0.844 bits per heavy atom. The molecule has 2 aliphatic rings. The van der Waals surface area contributed by atoms with Crippen LogP contribution in [0.3, 0.4) is 0 Å². The average molecular weight is 432 g/mol. The molecule has 2 heterocycles. The maximum atomic E-state index is 13.8. The molecule has 0 unspecified atom stereocenters. The number of benzene rings is 2. The van der Waals surface area contributed by atoms with Gasteiger partial charge in [-0.25, -0.2) is 4.90 Å². The van der Waals surface area contributed by atoms with Crippen molar-refractivity contribution >= 4 is 23.1 Å². The van der Waals surface area contributed by atoms with E-state index < -0.39 is 0 Å². The summed E-state index contributed by atoms with van der Waals surface area (Å²) in [5, 5.41) is 0. The van der Waals surface area contributed by atoms with E-state index in [4.69, 9.17) is 0 Å². The smallest absolute Gasteiger partial charge is 0.282 e. The molecule has 0 radical (unpaired) electrons. The second-order valence-electron chi connectivity index (χ2n) is 9.40. The van der Waals surface area contributed by atoms with Crippen LogP contribution in [0.5, 0.6) is 0 Å². The summed E-state index contributed by atoms with van der Waals surface area (Å²) < 4.78 is 0. The molecule has 2 aromatic rings. The minimum Gasteiger partial charge on any atom is -0.366 e. The first-order chi connectivity index (χ1) is 15.2. The third-order valence-corrected chi connectivity index (χ3v) is 7.04. The Hall–Kier alpha value is -2.92. The van der Waals surface area contributed by atoms with Gasteiger partial charge in [0.1, 0.15) is 5.70 Å². The quantitative estimate of drug-likeness (QED) is 0.680. The number of hydrogen-bond acceptors (Lipinski definition) is 4. The predicted octanol–water partition coefficient (Wildman–Crippen LogP) is 4.23. The Kier molecular flexibility index (Phi) is 5.95. The van der Waals surface area contributed by atoms with Crippen LogP contribution in [0, 0.1) is 27.7 Å². The van der Waals surface area contributed by atoms with E-state index >= 15 is 0 Å². The number of carbonyl (C=O) groups excluding carboxylic acids is 2. The molecule has 1 saturated heterocycles. The van der Waals surface area contributed by atoms with E-state index in [9.17, 15) is 9.59 Å². The van der Waals surface area contributed by atoms with E-state index in [2.05, 4.69) is 23.8 Å². The van der Waals surface area contributed by atoms with Crippen LogP contribution in [0.1, 0.15) is 40.7 Å². The van der Waals surface area contributed by atoms with Crippen molar-refractivity contribution in [1.29, 1.82) is 0 Å². The lowest BCUT2D eigenvalue weighted by atomic mass is 9.97. The molecule has 32 heavy (non-hydrogen) atoms. The first-order valence-corrected chi connectivity index (χ1v) is 11.4. The molecule has 5 nitrogen and oxygen atoms in total. The molecule has 0 aliphatic carbocycles. The number of hydrogen-bond donors (Lipinski definition) is 0. The minimum atomic E-state index is -0.236. The molecule has 0 aromatic heterocycles. The fraction of sp³-hybridized carbons (Fsp3) is 0.407. The van der Waals surface area contributed by atoms with Crippen LogP contribution >= 0.6 is 0 Å². The molecule has 0 N–H and O–H groups in total. The molecule has 1 fully saturated rings. The standard InChI is InChI=1S/C27H33N3O2/c1-17-7-10-23(20(4)15-17)30-26(31)24(21-9-8-18(2)19(3)16-21)25(27(30)32)29(6)22-11-13-28(5)14-12-22/h7-10,15-16,22H,11-14H2,1-6H3. The number of aryl methyl sites for hydroxylation is 4. The van der Waals surface area contributed by atoms with Crippen molar-refractivity contribution in [3.05, 3.63) is 69.9 Å². The first kappa shape index (κ1) is 22.3. The molecule has 0 saturated carbocycles. The van der Waals surface area contributed by atoms with Gasteiger partial charge in [0.15, 0.2) is 0 Å². The highest BCUT2D eigenvalue weighted by atomic mass is 16.2. The number of likely N-dealkylation sites (N-methyl/N-ethyl adjacent to an activating group) is 1. The van der Waals surface area contributed by atoms with Crippen LogP contribution in [-0.2, 0) is 9.59 Å². The molecule has 168 valence electrons. The van der Waals surface area contributed by atoms with Gasteiger partial charge in [0.25, 0.3) is 11.8 Å². The van der Waals surface area contributed by atoms with Crippen LogP contribution in [-0.4, -0.2) is 54.8 Å². The molecule has 0 bridgehead atoms. The Balaban J connectivity index is 1.83. The Morgan fingerprint density at radius 3 is 2.16 bits per heavy atom. The third-order valence-electron chi connectivity index (χ3n) is 7.04. The number of imide groups is 1. The molecule has 0 spiro atoms. The van der Waals surface area contributed by atoms with Gasteiger partial charge in [0, 0.05) is 13.1 Å². The zero-order valence-corrected chi connectivity index (χ0v) is 20.0. The van der Waals surface area contributed by atoms with Crippen molar-refractivity contribution in [3.63, 3.8) is 0 Å². The predicted molar refractivity (Wildman–Crippen MR) is 130 cm³/mol. The number of nitrogens with zero attached hydrogens (tertiary/aromatic N) is 3. The Bertz CT molecular complexity index is 1110. The van der Waals surface area contributed by atoms with E-state index in [0.717, 1.165) is 48.2 Å². The van der Waals surface area contributed by atoms with Gasteiger partial charge in [0.2, 0.25) is 0 Å². The van der Waals surface area contributed by atoms with Gasteiger partial charge in [-0.05, 0) is 89.0 Å². The van der Waals surface area contributed by atoms with E-state index in [0.29, 0.717) is 17.0 Å². The van der Waals surface area contributed by atoms with Crippen LogP contribution in [0.4, 0.5) is 5.69 Å². The summed E-state index contributed by atoms with van der Waals surface area (Å²) in [6.45, 7) is 10.1. The van der Waals surface area contributed by atoms with Gasteiger partial charge in [-0.15, -0.1) is 0 Å². The van der Waals surface area contributed by atoms with Gasteiger partial charge in [-0.1, -0.05) is 35.9 Å². The normalized spacial score (nSPS) is 18.1. The lowest BCUT2D eigenvalue weighted by Gasteiger charge is -2.36. The van der Waals surface area contributed by atoms with Gasteiger partial charge < -0.3 is 9.80 Å². The minimum absolute atomic E-state index is 0.225. The number of carbonyl (C=O) groups is 2. The summed E-state index contributed by atoms with van der Waals surface area (Å²) in [6.07, 6.45) is 1.95. The highest BCUT2D eigenvalue weighted by Gasteiger charge is 2.43. The zero-order valence-electron chi connectivity index (χ0n) is 20.0. The fourth-order valence-electron chi connectivity index (χ4n) is 4.84. The highest BCUT2D eigenvalue weighted by molar-refractivity contribution is 6.45. The van der Waals surface area contributed by atoms with Crippen molar-refractivity contribution < 1.29 is 9.59 Å². The highest BCUT2D eigenvalue weighted by Crippen LogP contribution is 2.37. The van der Waals surface area contributed by atoms with Crippen LogP contribution in [0.2, 0.25) is 0 Å². The lowest BCUT2D eigenvalue weighted by molar-refractivity contribution is -0.120. The summed E-state index contributed by atoms with van der Waals surface area (Å²) in [4.78, 5) is 33.4. The number of amides is 2. The van der Waals surface area contributed by atoms with Crippen LogP contribution in [0.15, 0.2) is 42.1 Å². The summed E-state index contributed by atoms with van der Waals surface area (Å²) in [5.41, 5.74) is 6.83. The number of piperidine rings is 1. The second-order valence-corrected chi connectivity index (χ2v) is 9.40. The van der Waals surface area contributed by atoms with Crippen molar-refractivity contribution in [2.45, 2.75) is 46.6 Å². The van der Waals surface area contributed by atoms with Gasteiger partial charge in [0.05, 0.1) is 11.3 Å². The largest absolute Gasteiger partial charge is 0.366 e. The molecular formula is C27H33N3O2. The number of rotatable bonds is 4. The second kappa shape index (κ2) is 8.55. The molecule has 4 rings (SSSR count). The number of likely N-dealkylation sites (tertiary alicyclic amines) is 1. The fourth-order valence-corrected chi connectivity index (χ4v) is 4.84. The first-order valence-electron chi connectivity index (χ1n) is 11.4. The molecule has 2 aromatic carbocycles. The van der Waals surface area contributed by atoms with Crippen molar-refractivity contribution in [1.82, 2.24) is 9.80 Å². The Labute approximate surface area is 191 Å². The maximum Gasteiger partial charge on any atom is 0.282 e. The van der Waals surface area contributed by atoms with E-state index in [1.807, 2.05) is 64.2 Å². The van der Waals surface area contributed by atoms with Crippen molar-refractivity contribution in [2.24, 2.45) is 0 Å². The summed E-state index contributed by atoms with van der Waals surface area (Å²) in [6, 6.07) is 12.1. The van der Waals surface area contributed by atoms with E-state index in [1.165, 1.54) is 10.5 Å². The summed E-state index contributed by atoms with van der Waals surface area (Å²) in [5.74, 6) is -0.461. The number of anilines is 1. The molecule has 2 aliphatic heterocycles. The van der Waals surface area contributed by atoms with E-state index in [-0.39, 0.29) is 17.9 Å². The van der Waals surface area contributed by atoms with Gasteiger partial charge >= 0.3 is 0 Å². The lowest BCUT2D eigenvalue weighted by Crippen LogP contribution is -2.43. The molecule has 0 atom stereocenters. The van der Waals surface area contributed by atoms with Crippen molar-refractivity contribution in [2.75, 3.05) is 32.1 Å². The maximum absolute atomic E-state index is 13.8. The zero-order chi connectivity index (χ0) is 23.2. The van der Waals surface area contributed by atoms with Crippen molar-refractivity contribution in [3.8, 4) is 0 Å². The Morgan fingerprint density at radius 2 is 1.53 bits per heavy atom. The summed E-state index contributed by atoms with van der Waals surface area (Å²) in [7, 11) is 4.10. The topological polar surface area (TPSA) is 43.9 Å². The van der Waals surface area contributed by atoms with Crippen LogP contribution in [0.25, 0.3) is 5.57 Å².